The summed E-state index contributed by atoms with van der Waals surface area (Å²) in [6, 6.07) is 14.4. The molecule has 0 bridgehead atoms. The first-order chi connectivity index (χ1) is 12.9. The zero-order valence-corrected chi connectivity index (χ0v) is 15.5. The van der Waals surface area contributed by atoms with Gasteiger partial charge in [-0.3, -0.25) is 9.59 Å². The molecular weight excluding hydrogens is 388 g/mol. The van der Waals surface area contributed by atoms with Crippen LogP contribution in [-0.2, 0) is 9.84 Å². The smallest absolute Gasteiger partial charge is 0.261 e. The predicted molar refractivity (Wildman–Crippen MR) is 105 cm³/mol. The van der Waals surface area contributed by atoms with Gasteiger partial charge in [-0.15, -0.1) is 0 Å². The largest absolute Gasteiger partial charge is 0.348 e. The fourth-order valence-corrected chi connectivity index (χ4v) is 3.59. The average molecular weight is 403 g/mol. The molecule has 2 aromatic carbocycles. The Bertz CT molecular complexity index is 1180. The van der Waals surface area contributed by atoms with Crippen LogP contribution in [0.5, 0.6) is 0 Å². The van der Waals surface area contributed by atoms with Gasteiger partial charge in [0.1, 0.15) is 5.56 Å². The third-order valence-electron chi connectivity index (χ3n) is 3.80. The van der Waals surface area contributed by atoms with Crippen LogP contribution in [0, 0.1) is 0 Å². The Kier molecular flexibility index (Phi) is 5.43. The first-order valence-electron chi connectivity index (χ1n) is 7.94. The molecule has 0 atom stereocenters. The molecule has 1 amide bonds. The lowest BCUT2D eigenvalue weighted by Crippen LogP contribution is -2.29. The minimum Gasteiger partial charge on any atom is -0.348 e. The number of hydrogen-bond donors (Lipinski definition) is 2. The van der Waals surface area contributed by atoms with Crippen LogP contribution >= 0.6 is 11.6 Å². The van der Waals surface area contributed by atoms with Gasteiger partial charge in [0, 0.05) is 22.5 Å². The first-order valence-corrected chi connectivity index (χ1v) is 9.87. The monoisotopic (exact) mass is 402 g/mol. The number of sulfone groups is 1. The van der Waals surface area contributed by atoms with E-state index in [-0.39, 0.29) is 17.0 Å². The zero-order chi connectivity index (χ0) is 19.4. The topological polar surface area (TPSA) is 96.1 Å². The second-order valence-corrected chi connectivity index (χ2v) is 7.95. The number of fused-ring (bicyclic) bond motifs is 1. The van der Waals surface area contributed by atoms with Crippen LogP contribution in [0.2, 0.25) is 5.02 Å². The standard InChI is InChI=1S/C19H15ClN2O4S/c20-14-6-8-15(9-7-14)27(25,26)11-3-10-21-18(23)16-12-13-4-1-2-5-17(13)22-19(16)24/h1-9,11-12H,10H2,(H,21,23)(H,22,24)/b11-3+. The number of carbonyl (C=O) groups excluding carboxylic acids is 1. The number of nitrogens with one attached hydrogen (secondary N) is 2. The molecule has 3 aromatic rings. The van der Waals surface area contributed by atoms with Crippen molar-refractivity contribution in [2.75, 3.05) is 6.54 Å². The lowest BCUT2D eigenvalue weighted by atomic mass is 10.1. The maximum absolute atomic E-state index is 12.2. The highest BCUT2D eigenvalue weighted by molar-refractivity contribution is 7.94. The molecule has 0 aliphatic rings. The van der Waals surface area contributed by atoms with Crippen LogP contribution in [0.1, 0.15) is 10.4 Å². The summed E-state index contributed by atoms with van der Waals surface area (Å²) in [7, 11) is -3.63. The van der Waals surface area contributed by atoms with E-state index in [1.165, 1.54) is 36.4 Å². The van der Waals surface area contributed by atoms with Crippen molar-refractivity contribution in [3.63, 3.8) is 0 Å². The highest BCUT2D eigenvalue weighted by Gasteiger charge is 2.12. The summed E-state index contributed by atoms with van der Waals surface area (Å²) in [5.41, 5.74) is 0.0830. The van der Waals surface area contributed by atoms with Gasteiger partial charge in [0.25, 0.3) is 11.5 Å². The summed E-state index contributed by atoms with van der Waals surface area (Å²) in [5, 5.41) is 4.67. The molecule has 0 aliphatic carbocycles. The second-order valence-electron chi connectivity index (χ2n) is 5.68. The van der Waals surface area contributed by atoms with E-state index in [2.05, 4.69) is 10.3 Å². The van der Waals surface area contributed by atoms with Crippen molar-refractivity contribution in [1.29, 1.82) is 0 Å². The maximum atomic E-state index is 12.2. The summed E-state index contributed by atoms with van der Waals surface area (Å²) in [6.07, 6.45) is 1.30. The van der Waals surface area contributed by atoms with Crippen LogP contribution in [0.15, 0.2) is 75.8 Å². The van der Waals surface area contributed by atoms with Crippen LogP contribution in [-0.4, -0.2) is 25.9 Å². The number of pyridine rings is 1. The highest BCUT2D eigenvalue weighted by Crippen LogP contribution is 2.16. The third-order valence-corrected chi connectivity index (χ3v) is 5.53. The van der Waals surface area contributed by atoms with Crippen molar-refractivity contribution in [1.82, 2.24) is 10.3 Å². The molecule has 3 rings (SSSR count). The van der Waals surface area contributed by atoms with Crippen molar-refractivity contribution in [2.24, 2.45) is 0 Å². The quantitative estimate of drug-likeness (QED) is 0.685. The first kappa shape index (κ1) is 18.9. The number of H-pyrrole nitrogens is 1. The zero-order valence-electron chi connectivity index (χ0n) is 14.0. The van der Waals surface area contributed by atoms with E-state index in [1.807, 2.05) is 0 Å². The molecule has 0 saturated carbocycles. The van der Waals surface area contributed by atoms with Gasteiger partial charge in [-0.1, -0.05) is 35.9 Å². The van der Waals surface area contributed by atoms with Gasteiger partial charge in [0.2, 0.25) is 0 Å². The Balaban J connectivity index is 1.69. The molecule has 2 N–H and O–H groups in total. The van der Waals surface area contributed by atoms with E-state index < -0.39 is 21.3 Å². The minimum atomic E-state index is -3.63. The number of halogens is 1. The lowest BCUT2D eigenvalue weighted by Gasteiger charge is -2.04. The molecule has 0 unspecified atom stereocenters. The van der Waals surface area contributed by atoms with Crippen molar-refractivity contribution in [2.45, 2.75) is 4.90 Å². The van der Waals surface area contributed by atoms with Gasteiger partial charge >= 0.3 is 0 Å². The van der Waals surface area contributed by atoms with Gasteiger partial charge in [0.15, 0.2) is 9.84 Å². The number of aromatic amines is 1. The Morgan fingerprint density at radius 3 is 2.56 bits per heavy atom. The molecule has 0 spiro atoms. The van der Waals surface area contributed by atoms with E-state index in [0.29, 0.717) is 10.5 Å². The number of para-hydroxylation sites is 1. The van der Waals surface area contributed by atoms with Crippen molar-refractivity contribution >= 4 is 38.2 Å². The fourth-order valence-electron chi connectivity index (χ4n) is 2.44. The minimum absolute atomic E-state index is 0.0392. The molecular formula is C19H15ClN2O4S. The van der Waals surface area contributed by atoms with Gasteiger partial charge in [-0.05, 0) is 41.8 Å². The SMILES string of the molecule is O=C(NC/C=C/S(=O)(=O)c1ccc(Cl)cc1)c1cc2ccccc2[nH]c1=O. The summed E-state index contributed by atoms with van der Waals surface area (Å²) < 4.78 is 24.3. The molecule has 0 fully saturated rings. The summed E-state index contributed by atoms with van der Waals surface area (Å²) in [6.45, 7) is -0.0437. The van der Waals surface area contributed by atoms with Crippen LogP contribution in [0.4, 0.5) is 0 Å². The van der Waals surface area contributed by atoms with E-state index in [1.54, 1.807) is 24.3 Å². The molecule has 0 aliphatic heterocycles. The Morgan fingerprint density at radius 2 is 1.81 bits per heavy atom. The number of aromatic nitrogens is 1. The number of rotatable bonds is 5. The Morgan fingerprint density at radius 1 is 1.11 bits per heavy atom. The highest BCUT2D eigenvalue weighted by atomic mass is 35.5. The van der Waals surface area contributed by atoms with Crippen molar-refractivity contribution in [3.05, 3.63) is 87.0 Å². The predicted octanol–water partition coefficient (Wildman–Crippen LogP) is 2.90. The van der Waals surface area contributed by atoms with Crippen LogP contribution in [0.25, 0.3) is 10.9 Å². The van der Waals surface area contributed by atoms with E-state index >= 15 is 0 Å². The summed E-state index contributed by atoms with van der Waals surface area (Å²) in [4.78, 5) is 27.0. The number of benzene rings is 2. The number of amides is 1. The molecule has 27 heavy (non-hydrogen) atoms. The van der Waals surface area contributed by atoms with Gasteiger partial charge in [-0.2, -0.15) is 0 Å². The van der Waals surface area contributed by atoms with Gasteiger partial charge in [-0.25, -0.2) is 8.42 Å². The molecule has 1 heterocycles. The van der Waals surface area contributed by atoms with Crippen LogP contribution < -0.4 is 10.9 Å². The summed E-state index contributed by atoms with van der Waals surface area (Å²) in [5.74, 6) is -0.587. The second kappa shape index (κ2) is 7.77. The Hall–Kier alpha value is -2.90. The Labute approximate surface area is 160 Å². The molecule has 0 radical (unpaired) electrons. The fraction of sp³-hybridized carbons (Fsp3) is 0.0526. The molecule has 0 saturated heterocycles. The van der Waals surface area contributed by atoms with Crippen LogP contribution in [0.3, 0.4) is 0 Å². The summed E-state index contributed by atoms with van der Waals surface area (Å²) >= 11 is 5.74. The third kappa shape index (κ3) is 4.45. The molecule has 138 valence electrons. The maximum Gasteiger partial charge on any atom is 0.261 e. The lowest BCUT2D eigenvalue weighted by molar-refractivity contribution is 0.0956. The van der Waals surface area contributed by atoms with Gasteiger partial charge < -0.3 is 10.3 Å². The molecule has 6 nitrogen and oxygen atoms in total. The van der Waals surface area contributed by atoms with Crippen molar-refractivity contribution in [3.8, 4) is 0 Å². The average Bonchev–Trinajstić information content (AvgIpc) is 2.65. The normalized spacial score (nSPS) is 11.7. The van der Waals surface area contributed by atoms with Crippen molar-refractivity contribution < 1.29 is 13.2 Å². The molecule has 8 heteroatoms. The van der Waals surface area contributed by atoms with E-state index in [4.69, 9.17) is 11.6 Å². The van der Waals surface area contributed by atoms with E-state index in [0.717, 1.165) is 10.8 Å². The van der Waals surface area contributed by atoms with Gasteiger partial charge in [0.05, 0.1) is 4.90 Å². The molecule has 1 aromatic heterocycles. The number of carbonyl (C=O) groups is 1. The van der Waals surface area contributed by atoms with E-state index in [9.17, 15) is 18.0 Å². The number of hydrogen-bond acceptors (Lipinski definition) is 4.